The molecular formula is C13H16N2O3. The summed E-state index contributed by atoms with van der Waals surface area (Å²) in [6.07, 6.45) is 2.63. The van der Waals surface area contributed by atoms with Crippen LogP contribution in [0, 0.1) is 0 Å². The number of aliphatic carboxylic acids is 1. The summed E-state index contributed by atoms with van der Waals surface area (Å²) in [4.78, 5) is 23.3. The molecule has 2 rings (SSSR count). The summed E-state index contributed by atoms with van der Waals surface area (Å²) in [5, 5.41) is 11.9. The maximum Gasteiger partial charge on any atom is 0.329 e. The van der Waals surface area contributed by atoms with Crippen LogP contribution in [-0.4, -0.2) is 22.5 Å². The number of hydrogen-bond donors (Lipinski definition) is 3. The highest BCUT2D eigenvalue weighted by Gasteiger charge is 2.42. The second-order valence-electron chi connectivity index (χ2n) is 4.67. The van der Waals surface area contributed by atoms with E-state index in [2.05, 4.69) is 5.32 Å². The van der Waals surface area contributed by atoms with E-state index in [1.165, 1.54) is 0 Å². The van der Waals surface area contributed by atoms with Crippen LogP contribution in [-0.2, 0) is 4.79 Å². The predicted molar refractivity (Wildman–Crippen MR) is 67.2 cm³/mol. The maximum atomic E-state index is 12.0. The summed E-state index contributed by atoms with van der Waals surface area (Å²) < 4.78 is 0. The Morgan fingerprint density at radius 1 is 1.17 bits per heavy atom. The van der Waals surface area contributed by atoms with E-state index in [0.717, 1.165) is 12.8 Å². The molecule has 0 spiro atoms. The van der Waals surface area contributed by atoms with Crippen LogP contribution in [0.2, 0.25) is 0 Å². The van der Waals surface area contributed by atoms with Crippen LogP contribution < -0.4 is 11.1 Å². The first kappa shape index (κ1) is 12.4. The lowest BCUT2D eigenvalue weighted by molar-refractivity contribution is -0.144. The van der Waals surface area contributed by atoms with Crippen molar-refractivity contribution >= 4 is 17.6 Å². The highest BCUT2D eigenvalue weighted by molar-refractivity contribution is 5.98. The van der Waals surface area contributed by atoms with Gasteiger partial charge in [-0.2, -0.15) is 0 Å². The highest BCUT2D eigenvalue weighted by Crippen LogP contribution is 2.30. The molecule has 0 heterocycles. The Balaban J connectivity index is 2.15. The number of rotatable bonds is 3. The molecule has 0 aromatic heterocycles. The molecule has 0 radical (unpaired) electrons. The van der Waals surface area contributed by atoms with Gasteiger partial charge in [0.15, 0.2) is 0 Å². The van der Waals surface area contributed by atoms with Crippen LogP contribution in [0.15, 0.2) is 24.3 Å². The van der Waals surface area contributed by atoms with Crippen molar-refractivity contribution in [1.82, 2.24) is 5.32 Å². The number of carbonyl (C=O) groups excluding carboxylic acids is 1. The van der Waals surface area contributed by atoms with Gasteiger partial charge >= 0.3 is 5.97 Å². The molecule has 1 amide bonds. The molecular weight excluding hydrogens is 232 g/mol. The Bertz CT molecular complexity index is 462. The Morgan fingerprint density at radius 2 is 1.72 bits per heavy atom. The van der Waals surface area contributed by atoms with E-state index in [1.54, 1.807) is 24.3 Å². The summed E-state index contributed by atoms with van der Waals surface area (Å²) in [6, 6.07) is 6.43. The number of anilines is 1. The van der Waals surface area contributed by atoms with E-state index >= 15 is 0 Å². The van der Waals surface area contributed by atoms with Crippen LogP contribution in [0.5, 0.6) is 0 Å². The van der Waals surface area contributed by atoms with Crippen molar-refractivity contribution < 1.29 is 14.7 Å². The molecule has 0 saturated heterocycles. The van der Waals surface area contributed by atoms with E-state index in [4.69, 9.17) is 5.73 Å². The van der Waals surface area contributed by atoms with Crippen molar-refractivity contribution in [2.45, 2.75) is 31.2 Å². The van der Waals surface area contributed by atoms with Crippen LogP contribution >= 0.6 is 0 Å². The van der Waals surface area contributed by atoms with Gasteiger partial charge in [-0.1, -0.05) is 12.8 Å². The standard InChI is InChI=1S/C13H16N2O3/c14-10-5-3-9(4-6-10)11(16)15-13(12(17)18)7-1-2-8-13/h3-6H,1-2,7-8,14H2,(H,15,16)(H,17,18). The van der Waals surface area contributed by atoms with Gasteiger partial charge in [-0.3, -0.25) is 4.79 Å². The van der Waals surface area contributed by atoms with E-state index in [0.29, 0.717) is 24.1 Å². The fraction of sp³-hybridized carbons (Fsp3) is 0.385. The largest absolute Gasteiger partial charge is 0.480 e. The normalized spacial score (nSPS) is 17.3. The molecule has 0 bridgehead atoms. The Kier molecular flexibility index (Phi) is 3.23. The summed E-state index contributed by atoms with van der Waals surface area (Å²) in [7, 11) is 0. The van der Waals surface area contributed by atoms with Gasteiger partial charge in [-0.25, -0.2) is 4.79 Å². The number of carboxylic acids is 1. The summed E-state index contributed by atoms with van der Waals surface area (Å²) >= 11 is 0. The molecule has 0 aliphatic heterocycles. The molecule has 5 heteroatoms. The monoisotopic (exact) mass is 248 g/mol. The molecule has 1 saturated carbocycles. The van der Waals surface area contributed by atoms with Gasteiger partial charge in [0.1, 0.15) is 5.54 Å². The van der Waals surface area contributed by atoms with Gasteiger partial charge in [0, 0.05) is 11.3 Å². The lowest BCUT2D eigenvalue weighted by Gasteiger charge is -2.25. The van der Waals surface area contributed by atoms with Crippen LogP contribution in [0.3, 0.4) is 0 Å². The van der Waals surface area contributed by atoms with Gasteiger partial charge < -0.3 is 16.2 Å². The van der Waals surface area contributed by atoms with Crippen molar-refractivity contribution in [2.75, 3.05) is 5.73 Å². The molecule has 1 fully saturated rings. The van der Waals surface area contributed by atoms with Gasteiger partial charge in [-0.05, 0) is 37.1 Å². The zero-order chi connectivity index (χ0) is 13.2. The average Bonchev–Trinajstić information content (AvgIpc) is 2.79. The fourth-order valence-electron chi connectivity index (χ4n) is 2.29. The number of amides is 1. The Labute approximate surface area is 105 Å². The summed E-state index contributed by atoms with van der Waals surface area (Å²) in [6.45, 7) is 0. The SMILES string of the molecule is Nc1ccc(C(=O)NC2(C(=O)O)CCCC2)cc1. The zero-order valence-electron chi connectivity index (χ0n) is 9.98. The molecule has 1 aliphatic carbocycles. The fourth-order valence-corrected chi connectivity index (χ4v) is 2.29. The number of benzene rings is 1. The minimum Gasteiger partial charge on any atom is -0.480 e. The molecule has 96 valence electrons. The number of nitrogens with two attached hydrogens (primary N) is 1. The molecule has 1 aromatic rings. The minimum absolute atomic E-state index is 0.362. The van der Waals surface area contributed by atoms with Gasteiger partial charge in [0.05, 0.1) is 0 Å². The lowest BCUT2D eigenvalue weighted by atomic mass is 9.97. The van der Waals surface area contributed by atoms with Crippen LogP contribution in [0.25, 0.3) is 0 Å². The number of nitrogens with one attached hydrogen (secondary N) is 1. The van der Waals surface area contributed by atoms with Gasteiger partial charge in [-0.15, -0.1) is 0 Å². The number of hydrogen-bond acceptors (Lipinski definition) is 3. The summed E-state index contributed by atoms with van der Waals surface area (Å²) in [5.74, 6) is -1.32. The van der Waals surface area contributed by atoms with E-state index in [1.807, 2.05) is 0 Å². The Hall–Kier alpha value is -2.04. The molecule has 5 nitrogen and oxygen atoms in total. The van der Waals surface area contributed by atoms with Crippen molar-refractivity contribution in [3.05, 3.63) is 29.8 Å². The van der Waals surface area contributed by atoms with Crippen LogP contribution in [0.1, 0.15) is 36.0 Å². The lowest BCUT2D eigenvalue weighted by Crippen LogP contribution is -2.52. The second kappa shape index (κ2) is 4.68. The Morgan fingerprint density at radius 3 is 2.22 bits per heavy atom. The smallest absolute Gasteiger partial charge is 0.329 e. The number of nitrogen functional groups attached to an aromatic ring is 1. The molecule has 0 atom stereocenters. The van der Waals surface area contributed by atoms with Crippen molar-refractivity contribution in [3.63, 3.8) is 0 Å². The van der Waals surface area contributed by atoms with Crippen molar-refractivity contribution in [3.8, 4) is 0 Å². The first-order valence-electron chi connectivity index (χ1n) is 5.95. The van der Waals surface area contributed by atoms with Crippen molar-refractivity contribution in [1.29, 1.82) is 0 Å². The first-order valence-corrected chi connectivity index (χ1v) is 5.95. The van der Waals surface area contributed by atoms with Gasteiger partial charge in [0.25, 0.3) is 5.91 Å². The third kappa shape index (κ3) is 2.30. The number of carbonyl (C=O) groups is 2. The molecule has 1 aromatic carbocycles. The quantitative estimate of drug-likeness (QED) is 0.705. The maximum absolute atomic E-state index is 12.0. The van der Waals surface area contributed by atoms with E-state index < -0.39 is 11.5 Å². The third-order valence-electron chi connectivity index (χ3n) is 3.39. The summed E-state index contributed by atoms with van der Waals surface area (Å²) in [5.41, 5.74) is 5.44. The second-order valence-corrected chi connectivity index (χ2v) is 4.67. The molecule has 0 unspecified atom stereocenters. The highest BCUT2D eigenvalue weighted by atomic mass is 16.4. The third-order valence-corrected chi connectivity index (χ3v) is 3.39. The van der Waals surface area contributed by atoms with E-state index in [9.17, 15) is 14.7 Å². The average molecular weight is 248 g/mol. The van der Waals surface area contributed by atoms with Crippen LogP contribution in [0.4, 0.5) is 5.69 Å². The van der Waals surface area contributed by atoms with E-state index in [-0.39, 0.29) is 5.91 Å². The van der Waals surface area contributed by atoms with Gasteiger partial charge in [0.2, 0.25) is 0 Å². The zero-order valence-corrected chi connectivity index (χ0v) is 9.98. The predicted octanol–water partition coefficient (Wildman–Crippen LogP) is 1.40. The van der Waals surface area contributed by atoms with Crippen molar-refractivity contribution in [2.24, 2.45) is 0 Å². The minimum atomic E-state index is -1.10. The first-order chi connectivity index (χ1) is 8.53. The number of carboxylic acid groups (broad SMARTS) is 1. The molecule has 4 N–H and O–H groups in total. The topological polar surface area (TPSA) is 92.4 Å². The molecule has 1 aliphatic rings. The molecule has 18 heavy (non-hydrogen) atoms.